The molecule has 5 heteroatoms. The maximum atomic E-state index is 12.6. The first-order valence-corrected chi connectivity index (χ1v) is 6.72. The van der Waals surface area contributed by atoms with Crippen molar-refractivity contribution in [1.29, 1.82) is 0 Å². The second-order valence-corrected chi connectivity index (χ2v) is 4.96. The molecule has 1 aromatic heterocycles. The molecular formula is C15H15NO4. The fourth-order valence-corrected chi connectivity index (χ4v) is 2.68. The normalized spacial score (nSPS) is 15.5. The number of benzene rings is 1. The number of anilines is 1. The van der Waals surface area contributed by atoms with Crippen LogP contribution in [0.4, 0.5) is 5.69 Å². The number of para-hydroxylation sites is 1. The van der Waals surface area contributed by atoms with Gasteiger partial charge >= 0.3 is 5.97 Å². The van der Waals surface area contributed by atoms with Gasteiger partial charge in [0, 0.05) is 13.1 Å². The van der Waals surface area contributed by atoms with Crippen molar-refractivity contribution in [3.05, 3.63) is 40.2 Å². The molecule has 0 amide bonds. The SMILES string of the molecule is O=C(O)c1oc2ccccc2c(=O)c1N1CCCCC1. The second kappa shape index (κ2) is 5.00. The predicted octanol–water partition coefficient (Wildman–Crippen LogP) is 2.48. The van der Waals surface area contributed by atoms with Crippen molar-refractivity contribution in [2.45, 2.75) is 19.3 Å². The Kier molecular flexibility index (Phi) is 3.18. The number of fused-ring (bicyclic) bond motifs is 1. The summed E-state index contributed by atoms with van der Waals surface area (Å²) >= 11 is 0. The highest BCUT2D eigenvalue weighted by atomic mass is 16.4. The van der Waals surface area contributed by atoms with Gasteiger partial charge in [0.1, 0.15) is 11.3 Å². The fraction of sp³-hybridized carbons (Fsp3) is 0.333. The molecule has 0 unspecified atom stereocenters. The number of aromatic carboxylic acids is 1. The summed E-state index contributed by atoms with van der Waals surface area (Å²) in [6.45, 7) is 1.40. The number of nitrogens with zero attached hydrogens (tertiary/aromatic N) is 1. The minimum Gasteiger partial charge on any atom is -0.475 e. The van der Waals surface area contributed by atoms with Crippen LogP contribution in [0.25, 0.3) is 11.0 Å². The number of hydrogen-bond donors (Lipinski definition) is 1. The third kappa shape index (κ3) is 2.05. The molecule has 0 bridgehead atoms. The van der Waals surface area contributed by atoms with Gasteiger partial charge in [0.05, 0.1) is 5.39 Å². The van der Waals surface area contributed by atoms with Gasteiger partial charge < -0.3 is 14.4 Å². The first-order valence-electron chi connectivity index (χ1n) is 6.72. The van der Waals surface area contributed by atoms with Gasteiger partial charge in [-0.05, 0) is 31.4 Å². The molecule has 1 aliphatic rings. The highest BCUT2D eigenvalue weighted by Gasteiger charge is 2.25. The summed E-state index contributed by atoms with van der Waals surface area (Å²) in [6, 6.07) is 6.75. The van der Waals surface area contributed by atoms with E-state index >= 15 is 0 Å². The van der Waals surface area contributed by atoms with Gasteiger partial charge in [0.15, 0.2) is 0 Å². The summed E-state index contributed by atoms with van der Waals surface area (Å²) in [5.74, 6) is -1.45. The Hall–Kier alpha value is -2.30. The zero-order valence-corrected chi connectivity index (χ0v) is 11.0. The van der Waals surface area contributed by atoms with Crippen LogP contribution in [0, 0.1) is 0 Å². The Bertz CT molecular complexity index is 713. The topological polar surface area (TPSA) is 70.7 Å². The molecule has 0 atom stereocenters. The molecule has 3 rings (SSSR count). The molecule has 0 saturated carbocycles. The third-order valence-corrected chi connectivity index (χ3v) is 3.64. The lowest BCUT2D eigenvalue weighted by atomic mass is 10.1. The van der Waals surface area contributed by atoms with E-state index in [0.29, 0.717) is 24.1 Å². The van der Waals surface area contributed by atoms with Crippen molar-refractivity contribution in [2.75, 3.05) is 18.0 Å². The van der Waals surface area contributed by atoms with Crippen LogP contribution in [0.2, 0.25) is 0 Å². The van der Waals surface area contributed by atoms with Gasteiger partial charge in [-0.25, -0.2) is 4.79 Å². The first kappa shape index (κ1) is 12.7. The van der Waals surface area contributed by atoms with E-state index in [1.165, 1.54) is 0 Å². The van der Waals surface area contributed by atoms with E-state index in [1.807, 2.05) is 4.90 Å². The van der Waals surface area contributed by atoms with Crippen molar-refractivity contribution in [3.8, 4) is 0 Å². The molecule has 1 aromatic carbocycles. The van der Waals surface area contributed by atoms with Crippen LogP contribution in [0.15, 0.2) is 33.5 Å². The summed E-state index contributed by atoms with van der Waals surface area (Å²) in [7, 11) is 0. The lowest BCUT2D eigenvalue weighted by Crippen LogP contribution is -2.35. The number of carbonyl (C=O) groups is 1. The maximum absolute atomic E-state index is 12.6. The van der Waals surface area contributed by atoms with Crippen LogP contribution in [-0.2, 0) is 0 Å². The number of carboxylic acids is 1. The maximum Gasteiger partial charge on any atom is 0.374 e. The van der Waals surface area contributed by atoms with Crippen molar-refractivity contribution in [3.63, 3.8) is 0 Å². The largest absolute Gasteiger partial charge is 0.475 e. The van der Waals surface area contributed by atoms with Crippen LogP contribution >= 0.6 is 0 Å². The van der Waals surface area contributed by atoms with E-state index in [2.05, 4.69) is 0 Å². The minimum atomic E-state index is -1.20. The standard InChI is InChI=1S/C15H15NO4/c17-13-10-6-2-3-7-11(10)20-14(15(18)19)12(13)16-8-4-1-5-9-16/h2-3,6-7H,1,4-5,8-9H2,(H,18,19). The smallest absolute Gasteiger partial charge is 0.374 e. The fourth-order valence-electron chi connectivity index (χ4n) is 2.68. The van der Waals surface area contributed by atoms with Gasteiger partial charge in [-0.15, -0.1) is 0 Å². The van der Waals surface area contributed by atoms with E-state index in [9.17, 15) is 14.7 Å². The molecule has 104 valence electrons. The van der Waals surface area contributed by atoms with E-state index in [1.54, 1.807) is 24.3 Å². The molecule has 2 heterocycles. The zero-order valence-electron chi connectivity index (χ0n) is 11.0. The van der Waals surface area contributed by atoms with Crippen LogP contribution < -0.4 is 10.3 Å². The number of carboxylic acid groups (broad SMARTS) is 1. The Balaban J connectivity index is 2.27. The lowest BCUT2D eigenvalue weighted by molar-refractivity contribution is 0.0664. The molecule has 1 fully saturated rings. The van der Waals surface area contributed by atoms with E-state index in [0.717, 1.165) is 19.3 Å². The summed E-state index contributed by atoms with van der Waals surface area (Å²) in [5, 5.41) is 9.75. The number of piperidine rings is 1. The van der Waals surface area contributed by atoms with Crippen molar-refractivity contribution in [2.24, 2.45) is 0 Å². The Morgan fingerprint density at radius 1 is 1.15 bits per heavy atom. The molecule has 1 aliphatic heterocycles. The molecule has 0 aliphatic carbocycles. The summed E-state index contributed by atoms with van der Waals surface area (Å²) in [4.78, 5) is 25.8. The summed E-state index contributed by atoms with van der Waals surface area (Å²) in [6.07, 6.45) is 3.04. The van der Waals surface area contributed by atoms with E-state index in [4.69, 9.17) is 4.42 Å². The Morgan fingerprint density at radius 2 is 1.85 bits per heavy atom. The monoisotopic (exact) mass is 273 g/mol. The van der Waals surface area contributed by atoms with Crippen LogP contribution in [0.5, 0.6) is 0 Å². The average Bonchev–Trinajstić information content (AvgIpc) is 2.48. The molecule has 1 N–H and O–H groups in total. The molecule has 2 aromatic rings. The highest BCUT2D eigenvalue weighted by molar-refractivity contribution is 5.95. The molecule has 0 radical (unpaired) electrons. The van der Waals surface area contributed by atoms with Crippen molar-refractivity contribution in [1.82, 2.24) is 0 Å². The van der Waals surface area contributed by atoms with Crippen molar-refractivity contribution < 1.29 is 14.3 Å². The summed E-state index contributed by atoms with van der Waals surface area (Å²) < 4.78 is 5.45. The van der Waals surface area contributed by atoms with Crippen molar-refractivity contribution >= 4 is 22.6 Å². The van der Waals surface area contributed by atoms with Gasteiger partial charge in [-0.1, -0.05) is 12.1 Å². The molecular weight excluding hydrogens is 258 g/mol. The summed E-state index contributed by atoms with van der Waals surface area (Å²) in [5.41, 5.74) is 0.248. The van der Waals surface area contributed by atoms with Crippen LogP contribution in [0.1, 0.15) is 29.8 Å². The third-order valence-electron chi connectivity index (χ3n) is 3.64. The zero-order chi connectivity index (χ0) is 14.1. The number of hydrogen-bond acceptors (Lipinski definition) is 4. The highest BCUT2D eigenvalue weighted by Crippen LogP contribution is 2.24. The predicted molar refractivity (Wildman–Crippen MR) is 75.5 cm³/mol. The van der Waals surface area contributed by atoms with Gasteiger partial charge in [0.2, 0.25) is 11.2 Å². The molecule has 0 spiro atoms. The molecule has 20 heavy (non-hydrogen) atoms. The van der Waals surface area contributed by atoms with Crippen LogP contribution in [0.3, 0.4) is 0 Å². The quantitative estimate of drug-likeness (QED) is 0.910. The van der Waals surface area contributed by atoms with Crippen LogP contribution in [-0.4, -0.2) is 24.2 Å². The lowest BCUT2D eigenvalue weighted by Gasteiger charge is -2.28. The van der Waals surface area contributed by atoms with Gasteiger partial charge in [-0.2, -0.15) is 0 Å². The van der Waals surface area contributed by atoms with Gasteiger partial charge in [0.25, 0.3) is 0 Å². The first-order chi connectivity index (χ1) is 9.68. The minimum absolute atomic E-state index is 0.191. The molecule has 1 saturated heterocycles. The second-order valence-electron chi connectivity index (χ2n) is 4.96. The average molecular weight is 273 g/mol. The van der Waals surface area contributed by atoms with Gasteiger partial charge in [-0.3, -0.25) is 4.79 Å². The Morgan fingerprint density at radius 3 is 2.55 bits per heavy atom. The van der Waals surface area contributed by atoms with E-state index in [-0.39, 0.29) is 16.9 Å². The van der Waals surface area contributed by atoms with E-state index < -0.39 is 5.97 Å². The Labute approximate surface area is 115 Å². The number of rotatable bonds is 2. The molecule has 5 nitrogen and oxygen atoms in total.